The maximum Gasteiger partial charge on any atom is 0.183 e. The molecule has 0 unspecified atom stereocenters. The highest BCUT2D eigenvalue weighted by Crippen LogP contribution is 2.23. The van der Waals surface area contributed by atoms with E-state index < -0.39 is 0 Å². The third-order valence-corrected chi connectivity index (χ3v) is 3.78. The van der Waals surface area contributed by atoms with Crippen molar-refractivity contribution in [1.29, 1.82) is 5.26 Å². The van der Waals surface area contributed by atoms with Crippen LogP contribution in [0.15, 0.2) is 36.7 Å². The summed E-state index contributed by atoms with van der Waals surface area (Å²) in [5, 5.41) is 9.13. The fraction of sp³-hybridized carbons (Fsp3) is 0.312. The summed E-state index contributed by atoms with van der Waals surface area (Å²) in [5.41, 5.74) is 1.54. The Kier molecular flexibility index (Phi) is 4.05. The first kappa shape index (κ1) is 14.1. The van der Waals surface area contributed by atoms with Gasteiger partial charge in [0.05, 0.1) is 7.11 Å². The Hall–Kier alpha value is -2.81. The van der Waals surface area contributed by atoms with Gasteiger partial charge in [-0.15, -0.1) is 0 Å². The van der Waals surface area contributed by atoms with Crippen LogP contribution in [0.2, 0.25) is 0 Å². The number of nitrogens with zero attached hydrogens (tertiary/aromatic N) is 5. The van der Waals surface area contributed by atoms with E-state index in [1.165, 1.54) is 0 Å². The zero-order chi connectivity index (χ0) is 15.4. The van der Waals surface area contributed by atoms with Crippen LogP contribution in [0, 0.1) is 11.3 Å². The van der Waals surface area contributed by atoms with Crippen molar-refractivity contribution in [2.45, 2.75) is 0 Å². The van der Waals surface area contributed by atoms with Crippen molar-refractivity contribution in [2.24, 2.45) is 0 Å². The summed E-state index contributed by atoms with van der Waals surface area (Å²) in [6.07, 6.45) is 3.18. The van der Waals surface area contributed by atoms with E-state index in [9.17, 15) is 0 Å². The van der Waals surface area contributed by atoms with Crippen molar-refractivity contribution in [2.75, 3.05) is 43.1 Å². The molecular formula is C16H17N5O. The Bertz CT molecular complexity index is 689. The van der Waals surface area contributed by atoms with E-state index in [1.807, 2.05) is 18.2 Å². The van der Waals surface area contributed by atoms with Gasteiger partial charge in [-0.1, -0.05) is 6.07 Å². The fourth-order valence-corrected chi connectivity index (χ4v) is 2.62. The van der Waals surface area contributed by atoms with Crippen molar-refractivity contribution in [1.82, 2.24) is 9.97 Å². The van der Waals surface area contributed by atoms with Gasteiger partial charge in [-0.3, -0.25) is 0 Å². The van der Waals surface area contributed by atoms with Gasteiger partial charge >= 0.3 is 0 Å². The minimum Gasteiger partial charge on any atom is -0.497 e. The third kappa shape index (κ3) is 2.79. The van der Waals surface area contributed by atoms with Gasteiger partial charge in [-0.25, -0.2) is 9.97 Å². The van der Waals surface area contributed by atoms with Crippen LogP contribution >= 0.6 is 0 Å². The zero-order valence-electron chi connectivity index (χ0n) is 12.4. The molecule has 22 heavy (non-hydrogen) atoms. The SMILES string of the molecule is COc1cccc(N2CCN(c3nccnc3C#N)CC2)c1. The summed E-state index contributed by atoms with van der Waals surface area (Å²) in [4.78, 5) is 12.8. The first-order valence-electron chi connectivity index (χ1n) is 7.17. The molecule has 0 amide bonds. The van der Waals surface area contributed by atoms with Gasteiger partial charge in [-0.2, -0.15) is 5.26 Å². The van der Waals surface area contributed by atoms with Gasteiger partial charge in [0.25, 0.3) is 0 Å². The molecule has 2 heterocycles. The average Bonchev–Trinajstić information content (AvgIpc) is 2.62. The van der Waals surface area contributed by atoms with Gasteiger partial charge in [-0.05, 0) is 12.1 Å². The summed E-state index contributed by atoms with van der Waals surface area (Å²) in [6.45, 7) is 3.36. The van der Waals surface area contributed by atoms with Crippen LogP contribution in [0.1, 0.15) is 5.69 Å². The largest absolute Gasteiger partial charge is 0.497 e. The Labute approximate surface area is 129 Å². The number of piperazine rings is 1. The minimum absolute atomic E-state index is 0.386. The molecule has 1 aliphatic heterocycles. The lowest BCUT2D eigenvalue weighted by molar-refractivity contribution is 0.414. The summed E-state index contributed by atoms with van der Waals surface area (Å²) >= 11 is 0. The number of aromatic nitrogens is 2. The second-order valence-electron chi connectivity index (χ2n) is 5.02. The molecule has 0 saturated carbocycles. The molecule has 6 nitrogen and oxygen atoms in total. The number of benzene rings is 1. The maximum absolute atomic E-state index is 9.13. The molecular weight excluding hydrogens is 278 g/mol. The van der Waals surface area contributed by atoms with E-state index in [1.54, 1.807) is 19.5 Å². The second kappa shape index (κ2) is 6.31. The standard InChI is InChI=1S/C16H17N5O/c1-22-14-4-2-3-13(11-14)20-7-9-21(10-8-20)16-15(12-17)18-5-6-19-16/h2-6,11H,7-10H2,1H3. The number of ether oxygens (including phenoxy) is 1. The number of methoxy groups -OCH3 is 1. The molecule has 0 spiro atoms. The number of anilines is 2. The topological polar surface area (TPSA) is 65.3 Å². The summed E-state index contributed by atoms with van der Waals surface area (Å²) < 4.78 is 5.27. The molecule has 0 radical (unpaired) electrons. The fourth-order valence-electron chi connectivity index (χ4n) is 2.62. The number of hydrogen-bond donors (Lipinski definition) is 0. The highest BCUT2D eigenvalue weighted by molar-refractivity contribution is 5.54. The first-order chi connectivity index (χ1) is 10.8. The van der Waals surface area contributed by atoms with Crippen LogP contribution in [-0.4, -0.2) is 43.3 Å². The third-order valence-electron chi connectivity index (χ3n) is 3.78. The van der Waals surface area contributed by atoms with E-state index >= 15 is 0 Å². The number of nitriles is 1. The normalized spacial score (nSPS) is 14.5. The first-order valence-corrected chi connectivity index (χ1v) is 7.17. The van der Waals surface area contributed by atoms with E-state index in [0.29, 0.717) is 11.5 Å². The maximum atomic E-state index is 9.13. The Balaban J connectivity index is 1.71. The lowest BCUT2D eigenvalue weighted by Crippen LogP contribution is -2.47. The molecule has 0 bridgehead atoms. The molecule has 6 heteroatoms. The van der Waals surface area contributed by atoms with Crippen LogP contribution in [0.5, 0.6) is 5.75 Å². The van der Waals surface area contributed by atoms with Gasteiger partial charge in [0.15, 0.2) is 11.5 Å². The van der Waals surface area contributed by atoms with Crippen LogP contribution in [-0.2, 0) is 0 Å². The molecule has 1 aromatic heterocycles. The molecule has 3 rings (SSSR count). The molecule has 112 valence electrons. The van der Waals surface area contributed by atoms with Gasteiger partial charge in [0, 0.05) is 50.3 Å². The smallest absolute Gasteiger partial charge is 0.183 e. The molecule has 0 N–H and O–H groups in total. The van der Waals surface area contributed by atoms with Crippen LogP contribution < -0.4 is 14.5 Å². The van der Waals surface area contributed by atoms with Gasteiger partial charge in [0.1, 0.15) is 11.8 Å². The van der Waals surface area contributed by atoms with Crippen LogP contribution in [0.3, 0.4) is 0 Å². The van der Waals surface area contributed by atoms with E-state index in [-0.39, 0.29) is 0 Å². The van der Waals surface area contributed by atoms with E-state index in [4.69, 9.17) is 10.00 Å². The van der Waals surface area contributed by atoms with Gasteiger partial charge in [0.2, 0.25) is 0 Å². The predicted molar refractivity (Wildman–Crippen MR) is 84.2 cm³/mol. The predicted octanol–water partition coefficient (Wildman–Crippen LogP) is 1.68. The van der Waals surface area contributed by atoms with Crippen LogP contribution in [0.25, 0.3) is 0 Å². The zero-order valence-corrected chi connectivity index (χ0v) is 12.4. The highest BCUT2D eigenvalue weighted by Gasteiger charge is 2.21. The Morgan fingerprint density at radius 2 is 1.82 bits per heavy atom. The van der Waals surface area contributed by atoms with Crippen molar-refractivity contribution >= 4 is 11.5 Å². The molecule has 1 fully saturated rings. The van der Waals surface area contributed by atoms with E-state index in [0.717, 1.165) is 37.6 Å². The molecule has 2 aromatic rings. The van der Waals surface area contributed by atoms with Crippen LogP contribution in [0.4, 0.5) is 11.5 Å². The molecule has 1 saturated heterocycles. The number of rotatable bonds is 3. The monoisotopic (exact) mass is 295 g/mol. The van der Waals surface area contributed by atoms with Crippen molar-refractivity contribution in [3.05, 3.63) is 42.4 Å². The minimum atomic E-state index is 0.386. The van der Waals surface area contributed by atoms with Crippen molar-refractivity contribution < 1.29 is 4.74 Å². The quantitative estimate of drug-likeness (QED) is 0.858. The summed E-state index contributed by atoms with van der Waals surface area (Å²) in [5.74, 6) is 1.54. The second-order valence-corrected chi connectivity index (χ2v) is 5.02. The lowest BCUT2D eigenvalue weighted by atomic mass is 10.2. The summed E-state index contributed by atoms with van der Waals surface area (Å²) in [7, 11) is 1.68. The molecule has 0 aliphatic carbocycles. The highest BCUT2D eigenvalue weighted by atomic mass is 16.5. The van der Waals surface area contributed by atoms with Crippen molar-refractivity contribution in [3.8, 4) is 11.8 Å². The van der Waals surface area contributed by atoms with E-state index in [2.05, 4.69) is 31.9 Å². The summed E-state index contributed by atoms with van der Waals surface area (Å²) in [6, 6.07) is 10.2. The number of hydrogen-bond acceptors (Lipinski definition) is 6. The molecule has 1 aromatic carbocycles. The average molecular weight is 295 g/mol. The Morgan fingerprint density at radius 1 is 1.09 bits per heavy atom. The lowest BCUT2D eigenvalue weighted by Gasteiger charge is -2.36. The molecule has 0 atom stereocenters. The Morgan fingerprint density at radius 3 is 2.55 bits per heavy atom. The molecule has 1 aliphatic rings. The van der Waals surface area contributed by atoms with Crippen molar-refractivity contribution in [3.63, 3.8) is 0 Å². The van der Waals surface area contributed by atoms with Gasteiger partial charge < -0.3 is 14.5 Å².